The summed E-state index contributed by atoms with van der Waals surface area (Å²) in [5.41, 5.74) is 4.09. The third kappa shape index (κ3) is 2.87. The molecule has 6 heteroatoms. The van der Waals surface area contributed by atoms with Gasteiger partial charge in [-0.1, -0.05) is 17.7 Å². The van der Waals surface area contributed by atoms with Gasteiger partial charge in [0.05, 0.1) is 12.2 Å². The van der Waals surface area contributed by atoms with Crippen molar-refractivity contribution in [3.8, 4) is 0 Å². The van der Waals surface area contributed by atoms with Gasteiger partial charge in [0.15, 0.2) is 0 Å². The lowest BCUT2D eigenvalue weighted by Gasteiger charge is -2.16. The Morgan fingerprint density at radius 1 is 1.56 bits per heavy atom. The topological polar surface area (TPSA) is 55.9 Å². The Morgan fingerprint density at radius 3 is 2.89 bits per heavy atom. The molecule has 0 fully saturated rings. The number of hydrogen-bond donors (Lipinski definition) is 2. The molecule has 1 unspecified atom stereocenters. The second-order valence-electron chi connectivity index (χ2n) is 4.11. The molecule has 96 valence electrons. The largest absolute Gasteiger partial charge is 0.276 e. The Morgan fingerprint density at radius 2 is 2.33 bits per heavy atom. The number of nitrogens with zero attached hydrogens (tertiary/aromatic N) is 2. The van der Waals surface area contributed by atoms with E-state index in [4.69, 9.17) is 17.4 Å². The fraction of sp³-hybridized carbons (Fsp3) is 0.250. The molecule has 0 bridgehead atoms. The first kappa shape index (κ1) is 13.0. The van der Waals surface area contributed by atoms with Gasteiger partial charge in [-0.05, 0) is 24.1 Å². The van der Waals surface area contributed by atoms with E-state index in [0.29, 0.717) is 17.0 Å². The van der Waals surface area contributed by atoms with Crippen LogP contribution in [0.3, 0.4) is 0 Å². The first-order valence-corrected chi connectivity index (χ1v) is 5.86. The number of aryl methyl sites for hydroxylation is 1. The van der Waals surface area contributed by atoms with Crippen molar-refractivity contribution >= 4 is 11.6 Å². The van der Waals surface area contributed by atoms with Gasteiger partial charge in [0.2, 0.25) is 0 Å². The molecule has 1 aromatic heterocycles. The van der Waals surface area contributed by atoms with Gasteiger partial charge in [-0.25, -0.2) is 4.39 Å². The highest BCUT2D eigenvalue weighted by molar-refractivity contribution is 6.30. The number of nitrogens with two attached hydrogens (primary N) is 1. The van der Waals surface area contributed by atoms with Crippen molar-refractivity contribution in [2.24, 2.45) is 12.9 Å². The van der Waals surface area contributed by atoms with Crippen molar-refractivity contribution in [3.05, 3.63) is 52.6 Å². The number of rotatable bonds is 4. The number of aromatic nitrogens is 2. The summed E-state index contributed by atoms with van der Waals surface area (Å²) in [6.45, 7) is 0. The molecule has 2 aromatic rings. The molecule has 0 spiro atoms. The van der Waals surface area contributed by atoms with Crippen LogP contribution in [0.2, 0.25) is 5.02 Å². The van der Waals surface area contributed by atoms with E-state index in [1.54, 1.807) is 23.0 Å². The molecule has 0 amide bonds. The fourth-order valence-corrected chi connectivity index (χ4v) is 2.01. The van der Waals surface area contributed by atoms with E-state index in [1.807, 2.05) is 13.2 Å². The van der Waals surface area contributed by atoms with Crippen LogP contribution in [-0.4, -0.2) is 9.78 Å². The third-order valence-corrected chi connectivity index (χ3v) is 2.97. The van der Waals surface area contributed by atoms with Crippen molar-refractivity contribution < 1.29 is 4.39 Å². The summed E-state index contributed by atoms with van der Waals surface area (Å²) in [4.78, 5) is 0. The summed E-state index contributed by atoms with van der Waals surface area (Å²) in [6, 6.07) is 4.25. The van der Waals surface area contributed by atoms with E-state index in [2.05, 4.69) is 10.5 Å². The summed E-state index contributed by atoms with van der Waals surface area (Å²) >= 11 is 5.72. The lowest BCUT2D eigenvalue weighted by atomic mass is 10.0. The Balaban J connectivity index is 2.22. The van der Waals surface area contributed by atoms with E-state index in [9.17, 15) is 4.39 Å². The van der Waals surface area contributed by atoms with Gasteiger partial charge in [-0.15, -0.1) is 0 Å². The van der Waals surface area contributed by atoms with Crippen LogP contribution in [0.1, 0.15) is 17.2 Å². The lowest BCUT2D eigenvalue weighted by Crippen LogP contribution is -2.30. The Hall–Kier alpha value is -1.43. The average Bonchev–Trinajstić information content (AvgIpc) is 2.72. The fourth-order valence-electron chi connectivity index (χ4n) is 1.86. The Bertz CT molecular complexity index is 541. The van der Waals surface area contributed by atoms with E-state index in [-0.39, 0.29) is 11.9 Å². The van der Waals surface area contributed by atoms with Crippen LogP contribution in [-0.2, 0) is 13.5 Å². The van der Waals surface area contributed by atoms with Crippen LogP contribution < -0.4 is 11.3 Å². The first-order chi connectivity index (χ1) is 8.60. The van der Waals surface area contributed by atoms with Gasteiger partial charge < -0.3 is 0 Å². The molecule has 2 rings (SSSR count). The van der Waals surface area contributed by atoms with Crippen LogP contribution in [0.5, 0.6) is 0 Å². The molecule has 3 N–H and O–H groups in total. The predicted octanol–water partition coefficient (Wildman–Crippen LogP) is 1.96. The van der Waals surface area contributed by atoms with Crippen molar-refractivity contribution in [1.82, 2.24) is 15.2 Å². The smallest absolute Gasteiger partial charge is 0.129 e. The maximum absolute atomic E-state index is 13.8. The second kappa shape index (κ2) is 5.48. The second-order valence-corrected chi connectivity index (χ2v) is 4.55. The first-order valence-electron chi connectivity index (χ1n) is 5.48. The number of hydrazine groups is 1. The van der Waals surface area contributed by atoms with Crippen LogP contribution in [0, 0.1) is 5.82 Å². The standard InChI is InChI=1S/C12H14ClFN4/c1-18-7-8(6-16-18)4-12(17-15)10-3-2-9(13)5-11(10)14/h2-3,5-7,12,17H,4,15H2,1H3. The SMILES string of the molecule is Cn1cc(CC(NN)c2ccc(Cl)cc2F)cn1. The number of halogens is 2. The summed E-state index contributed by atoms with van der Waals surface area (Å²) in [5, 5.41) is 4.44. The van der Waals surface area contributed by atoms with Gasteiger partial charge >= 0.3 is 0 Å². The van der Waals surface area contributed by atoms with Crippen LogP contribution >= 0.6 is 11.6 Å². The monoisotopic (exact) mass is 268 g/mol. The maximum Gasteiger partial charge on any atom is 0.129 e. The Labute approximate surface area is 110 Å². The summed E-state index contributed by atoms with van der Waals surface area (Å²) in [7, 11) is 1.83. The highest BCUT2D eigenvalue weighted by Crippen LogP contribution is 2.23. The zero-order valence-corrected chi connectivity index (χ0v) is 10.7. The van der Waals surface area contributed by atoms with Crippen molar-refractivity contribution in [1.29, 1.82) is 0 Å². The molecule has 0 aliphatic carbocycles. The Kier molecular flexibility index (Phi) is 3.96. The van der Waals surface area contributed by atoms with Crippen molar-refractivity contribution in [3.63, 3.8) is 0 Å². The quantitative estimate of drug-likeness (QED) is 0.658. The number of hydrogen-bond acceptors (Lipinski definition) is 3. The van der Waals surface area contributed by atoms with Gasteiger partial charge in [0, 0.05) is 23.8 Å². The number of benzene rings is 1. The lowest BCUT2D eigenvalue weighted by molar-refractivity contribution is 0.510. The zero-order chi connectivity index (χ0) is 13.1. The van der Waals surface area contributed by atoms with E-state index >= 15 is 0 Å². The highest BCUT2D eigenvalue weighted by Gasteiger charge is 2.16. The van der Waals surface area contributed by atoms with E-state index in [1.165, 1.54) is 6.07 Å². The molecule has 0 saturated carbocycles. The van der Waals surface area contributed by atoms with Gasteiger partial charge in [0.1, 0.15) is 5.82 Å². The molecule has 0 radical (unpaired) electrons. The maximum atomic E-state index is 13.8. The molecule has 0 saturated heterocycles. The van der Waals surface area contributed by atoms with Crippen LogP contribution in [0.4, 0.5) is 4.39 Å². The molecule has 18 heavy (non-hydrogen) atoms. The van der Waals surface area contributed by atoms with Gasteiger partial charge in [0.25, 0.3) is 0 Å². The number of nitrogens with one attached hydrogen (secondary N) is 1. The van der Waals surface area contributed by atoms with Crippen LogP contribution in [0.15, 0.2) is 30.6 Å². The minimum atomic E-state index is -0.366. The van der Waals surface area contributed by atoms with E-state index in [0.717, 1.165) is 5.56 Å². The average molecular weight is 269 g/mol. The van der Waals surface area contributed by atoms with E-state index < -0.39 is 0 Å². The summed E-state index contributed by atoms with van der Waals surface area (Å²) < 4.78 is 15.5. The molecule has 1 aromatic carbocycles. The molecule has 4 nitrogen and oxygen atoms in total. The molecular weight excluding hydrogens is 255 g/mol. The summed E-state index contributed by atoms with van der Waals surface area (Å²) in [5.74, 6) is 5.12. The minimum Gasteiger partial charge on any atom is -0.276 e. The van der Waals surface area contributed by atoms with Crippen LogP contribution in [0.25, 0.3) is 0 Å². The third-order valence-electron chi connectivity index (χ3n) is 2.74. The van der Waals surface area contributed by atoms with Gasteiger partial charge in [-0.2, -0.15) is 5.10 Å². The van der Waals surface area contributed by atoms with Crippen molar-refractivity contribution in [2.75, 3.05) is 0 Å². The minimum absolute atomic E-state index is 0.313. The van der Waals surface area contributed by atoms with Gasteiger partial charge in [-0.3, -0.25) is 16.0 Å². The highest BCUT2D eigenvalue weighted by atomic mass is 35.5. The molecular formula is C12H14ClFN4. The molecule has 1 heterocycles. The predicted molar refractivity (Wildman–Crippen MR) is 68.4 cm³/mol. The molecule has 0 aliphatic heterocycles. The summed E-state index contributed by atoms with van der Waals surface area (Å²) in [6.07, 6.45) is 4.17. The zero-order valence-electron chi connectivity index (χ0n) is 9.90. The molecule has 0 aliphatic rings. The molecule has 1 atom stereocenters. The van der Waals surface area contributed by atoms with Crippen molar-refractivity contribution in [2.45, 2.75) is 12.5 Å². The normalized spacial score (nSPS) is 12.7.